The van der Waals surface area contributed by atoms with Crippen LogP contribution in [0.2, 0.25) is 0 Å². The van der Waals surface area contributed by atoms with Gasteiger partial charge in [0.2, 0.25) is 5.95 Å². The monoisotopic (exact) mass is 395 g/mol. The van der Waals surface area contributed by atoms with E-state index in [1.165, 1.54) is 5.01 Å². The molecule has 4 rings (SSSR count). The van der Waals surface area contributed by atoms with Crippen LogP contribution in [-0.4, -0.2) is 40.0 Å². The van der Waals surface area contributed by atoms with Crippen LogP contribution in [0.1, 0.15) is 40.9 Å². The van der Waals surface area contributed by atoms with Gasteiger partial charge in [-0.2, -0.15) is 10.1 Å². The fourth-order valence-electron chi connectivity index (χ4n) is 3.88. The van der Waals surface area contributed by atoms with E-state index in [-0.39, 0.29) is 18.5 Å². The van der Waals surface area contributed by atoms with E-state index < -0.39 is 0 Å². The number of hydrogen-bond donors (Lipinski definition) is 3. The van der Waals surface area contributed by atoms with Crippen LogP contribution in [0, 0.1) is 6.92 Å². The maximum atomic E-state index is 12.6. The third-order valence-electron chi connectivity index (χ3n) is 5.31. The number of rotatable bonds is 5. The summed E-state index contributed by atoms with van der Waals surface area (Å²) in [5.74, 6) is 11.8. The van der Waals surface area contributed by atoms with E-state index in [0.717, 1.165) is 37.1 Å². The summed E-state index contributed by atoms with van der Waals surface area (Å²) in [6, 6.07) is 8.02. The Labute approximate surface area is 168 Å². The van der Waals surface area contributed by atoms with Gasteiger partial charge in [0.1, 0.15) is 11.4 Å². The molecule has 0 bridgehead atoms. The normalized spacial score (nSPS) is 19.1. The Balaban J connectivity index is 1.74. The lowest BCUT2D eigenvalue weighted by Crippen LogP contribution is -2.42. The lowest BCUT2D eigenvalue weighted by molar-refractivity contribution is 0.0779. The minimum absolute atomic E-state index is 0.118. The summed E-state index contributed by atoms with van der Waals surface area (Å²) in [7, 11) is 0. The molecule has 2 aromatic rings. The van der Waals surface area contributed by atoms with Gasteiger partial charge < -0.3 is 16.1 Å². The van der Waals surface area contributed by atoms with Crippen molar-refractivity contribution in [2.45, 2.75) is 38.8 Å². The standard InChI is InChI=1S/C19H25N9O/c1-12-5-4-6-13(9-12)23-17-16-15(11-28(21)18(16)29)24-19(25-17)27-8-3-2-7-14(27)10-22-26-20/h4-6,9,14H,2-3,7-8,10-11,21H2,1H3,(H2,20,22)(H,23,24,25). The molecule has 0 aliphatic carbocycles. The number of hydrazine groups is 1. The number of piperidine rings is 1. The largest absolute Gasteiger partial charge is 0.339 e. The number of hydrogen-bond acceptors (Lipinski definition) is 8. The molecule has 1 fully saturated rings. The predicted octanol–water partition coefficient (Wildman–Crippen LogP) is 2.04. The fourth-order valence-corrected chi connectivity index (χ4v) is 3.88. The lowest BCUT2D eigenvalue weighted by Gasteiger charge is -2.35. The zero-order chi connectivity index (χ0) is 20.4. The van der Waals surface area contributed by atoms with Crippen LogP contribution in [0.3, 0.4) is 0 Å². The van der Waals surface area contributed by atoms with E-state index in [9.17, 15) is 4.79 Å². The van der Waals surface area contributed by atoms with Gasteiger partial charge in [-0.3, -0.25) is 9.80 Å². The summed E-state index contributed by atoms with van der Waals surface area (Å²) in [6.45, 7) is 3.57. The number of aromatic nitrogens is 2. The number of carbonyl (C=O) groups excluding carboxylic acids is 1. The third-order valence-corrected chi connectivity index (χ3v) is 5.31. The van der Waals surface area contributed by atoms with Gasteiger partial charge in [-0.25, -0.2) is 10.8 Å². The van der Waals surface area contributed by atoms with Crippen molar-refractivity contribution in [3.05, 3.63) is 41.1 Å². The highest BCUT2D eigenvalue weighted by molar-refractivity contribution is 6.02. The third kappa shape index (κ3) is 3.83. The molecule has 29 heavy (non-hydrogen) atoms. The number of benzene rings is 1. The Morgan fingerprint density at radius 1 is 1.31 bits per heavy atom. The Hall–Kier alpha value is -3.27. The summed E-state index contributed by atoms with van der Waals surface area (Å²) in [5, 5.41) is 11.8. The highest BCUT2D eigenvalue weighted by Crippen LogP contribution is 2.31. The number of nitrogens with two attached hydrogens (primary N) is 2. The SMILES string of the molecule is Cc1cccc(Nc2nc(N3CCCCC3CN=NN)nc3c2C(=O)N(N)C3)c1. The molecule has 1 amide bonds. The predicted molar refractivity (Wildman–Crippen MR) is 109 cm³/mol. The number of fused-ring (bicyclic) bond motifs is 1. The smallest absolute Gasteiger partial charge is 0.273 e. The van der Waals surface area contributed by atoms with E-state index in [2.05, 4.69) is 25.5 Å². The number of anilines is 3. The fraction of sp³-hybridized carbons (Fsp3) is 0.421. The van der Waals surface area contributed by atoms with Gasteiger partial charge in [0.15, 0.2) is 0 Å². The molecule has 0 spiro atoms. The number of nitrogens with zero attached hydrogens (tertiary/aromatic N) is 6. The molecule has 1 saturated heterocycles. The molecular formula is C19H25N9O. The minimum Gasteiger partial charge on any atom is -0.339 e. The van der Waals surface area contributed by atoms with Crippen LogP contribution in [0.25, 0.3) is 0 Å². The molecule has 2 aliphatic heterocycles. The first-order valence-electron chi connectivity index (χ1n) is 9.71. The van der Waals surface area contributed by atoms with Crippen molar-refractivity contribution in [2.24, 2.45) is 22.0 Å². The van der Waals surface area contributed by atoms with Gasteiger partial charge >= 0.3 is 0 Å². The molecule has 3 heterocycles. The summed E-state index contributed by atoms with van der Waals surface area (Å²) < 4.78 is 0. The van der Waals surface area contributed by atoms with Crippen LogP contribution in [0.15, 0.2) is 34.6 Å². The number of amides is 1. The second-order valence-electron chi connectivity index (χ2n) is 7.40. The molecule has 5 N–H and O–H groups in total. The van der Waals surface area contributed by atoms with Gasteiger partial charge in [0.05, 0.1) is 24.8 Å². The minimum atomic E-state index is -0.283. The first-order chi connectivity index (χ1) is 14.1. The number of carbonyl (C=O) groups is 1. The molecule has 1 atom stereocenters. The molecule has 1 aromatic carbocycles. The number of nitrogens with one attached hydrogen (secondary N) is 1. The quantitative estimate of drug-likeness (QED) is 0.305. The van der Waals surface area contributed by atoms with Crippen LogP contribution < -0.4 is 21.9 Å². The van der Waals surface area contributed by atoms with Crippen molar-refractivity contribution < 1.29 is 4.79 Å². The Morgan fingerprint density at radius 3 is 2.97 bits per heavy atom. The van der Waals surface area contributed by atoms with Gasteiger partial charge in [0.25, 0.3) is 5.91 Å². The highest BCUT2D eigenvalue weighted by atomic mass is 16.2. The Kier molecular flexibility index (Phi) is 5.26. The molecule has 152 valence electrons. The van der Waals surface area contributed by atoms with Gasteiger partial charge in [-0.1, -0.05) is 17.4 Å². The molecule has 1 unspecified atom stereocenters. The first kappa shape index (κ1) is 19.1. The molecule has 10 heteroatoms. The van der Waals surface area contributed by atoms with Crippen molar-refractivity contribution in [1.82, 2.24) is 15.0 Å². The van der Waals surface area contributed by atoms with Crippen LogP contribution >= 0.6 is 0 Å². The molecular weight excluding hydrogens is 370 g/mol. The van der Waals surface area contributed by atoms with Gasteiger partial charge in [-0.05, 0) is 43.9 Å². The highest BCUT2D eigenvalue weighted by Gasteiger charge is 2.34. The van der Waals surface area contributed by atoms with E-state index >= 15 is 0 Å². The lowest BCUT2D eigenvalue weighted by atomic mass is 10.0. The molecule has 0 saturated carbocycles. The number of aryl methyl sites for hydroxylation is 1. The van der Waals surface area contributed by atoms with Gasteiger partial charge in [0, 0.05) is 12.2 Å². The van der Waals surface area contributed by atoms with Crippen LogP contribution in [-0.2, 0) is 6.54 Å². The summed E-state index contributed by atoms with van der Waals surface area (Å²) in [6.07, 6.45) is 3.11. The second-order valence-corrected chi connectivity index (χ2v) is 7.40. The zero-order valence-corrected chi connectivity index (χ0v) is 16.4. The van der Waals surface area contributed by atoms with E-state index in [0.29, 0.717) is 29.6 Å². The maximum absolute atomic E-state index is 12.6. The average Bonchev–Trinajstić information content (AvgIpc) is 3.00. The van der Waals surface area contributed by atoms with E-state index in [4.69, 9.17) is 16.7 Å². The van der Waals surface area contributed by atoms with Crippen molar-refractivity contribution in [1.29, 1.82) is 0 Å². The Bertz CT molecular complexity index is 945. The second kappa shape index (κ2) is 8.00. The molecule has 2 aliphatic rings. The molecule has 0 radical (unpaired) electrons. The van der Waals surface area contributed by atoms with E-state index in [1.54, 1.807) is 0 Å². The van der Waals surface area contributed by atoms with Crippen molar-refractivity contribution in [2.75, 3.05) is 23.3 Å². The van der Waals surface area contributed by atoms with Crippen molar-refractivity contribution >= 4 is 23.4 Å². The van der Waals surface area contributed by atoms with E-state index in [1.807, 2.05) is 31.2 Å². The summed E-state index contributed by atoms with van der Waals surface area (Å²) in [5.41, 5.74) is 3.01. The van der Waals surface area contributed by atoms with Crippen molar-refractivity contribution in [3.63, 3.8) is 0 Å². The average molecular weight is 395 g/mol. The zero-order valence-electron chi connectivity index (χ0n) is 16.4. The first-order valence-corrected chi connectivity index (χ1v) is 9.71. The topological polar surface area (TPSA) is 138 Å². The Morgan fingerprint density at radius 2 is 2.17 bits per heavy atom. The summed E-state index contributed by atoms with van der Waals surface area (Å²) in [4.78, 5) is 24.1. The van der Waals surface area contributed by atoms with Gasteiger partial charge in [-0.15, -0.1) is 0 Å². The molecule has 10 nitrogen and oxygen atoms in total. The van der Waals surface area contributed by atoms with Crippen molar-refractivity contribution in [3.8, 4) is 0 Å². The maximum Gasteiger partial charge on any atom is 0.273 e. The van der Waals surface area contributed by atoms with Crippen LogP contribution in [0.4, 0.5) is 17.5 Å². The molecule has 1 aromatic heterocycles. The van der Waals surface area contributed by atoms with Crippen LogP contribution in [0.5, 0.6) is 0 Å². The summed E-state index contributed by atoms with van der Waals surface area (Å²) >= 11 is 0.